The molecule has 3 aromatic heterocycles. The number of benzene rings is 1. The molecule has 0 atom stereocenters. The molecule has 0 saturated carbocycles. The van der Waals surface area contributed by atoms with E-state index in [9.17, 15) is 9.59 Å². The van der Waals surface area contributed by atoms with Gasteiger partial charge in [0.05, 0.1) is 23.2 Å². The van der Waals surface area contributed by atoms with Crippen LogP contribution in [0.25, 0.3) is 17.3 Å². The number of nitrogens with zero attached hydrogens (tertiary/aromatic N) is 3. The molecule has 1 aromatic carbocycles. The molecule has 0 aliphatic heterocycles. The van der Waals surface area contributed by atoms with Crippen LogP contribution in [0.3, 0.4) is 0 Å². The topological polar surface area (TPSA) is 106 Å². The minimum absolute atomic E-state index is 0.238. The van der Waals surface area contributed by atoms with Gasteiger partial charge in [-0.05, 0) is 50.4 Å². The standard InChI is InChI=1S/C21H19N5O3S/c1-12-11-22-21(28)26(12)15-7-4-6-14(10-15)24-19(27)17-13(2)23-18(25-20(17)30-3)16-8-5-9-29-16/h4-11H,1-3H3,(H,22,28)(H,24,27). The second-order valence-electron chi connectivity index (χ2n) is 6.57. The maximum absolute atomic E-state index is 13.0. The Labute approximate surface area is 176 Å². The Balaban J connectivity index is 1.66. The molecule has 4 aromatic rings. The van der Waals surface area contributed by atoms with Crippen molar-refractivity contribution in [1.29, 1.82) is 0 Å². The Bertz CT molecular complexity index is 1270. The van der Waals surface area contributed by atoms with E-state index in [0.29, 0.717) is 39.2 Å². The lowest BCUT2D eigenvalue weighted by atomic mass is 10.2. The van der Waals surface area contributed by atoms with Crippen LogP contribution < -0.4 is 11.0 Å². The van der Waals surface area contributed by atoms with Crippen molar-refractivity contribution in [1.82, 2.24) is 19.5 Å². The minimum atomic E-state index is -0.321. The third-order valence-corrected chi connectivity index (χ3v) is 5.22. The minimum Gasteiger partial charge on any atom is -0.461 e. The van der Waals surface area contributed by atoms with E-state index in [0.717, 1.165) is 5.69 Å². The zero-order chi connectivity index (χ0) is 21.3. The van der Waals surface area contributed by atoms with E-state index < -0.39 is 0 Å². The summed E-state index contributed by atoms with van der Waals surface area (Å²) in [4.78, 5) is 36.7. The SMILES string of the molecule is CSc1nc(-c2ccco2)nc(C)c1C(=O)Nc1cccc(-n2c(C)c[nH]c2=O)c1. The first-order chi connectivity index (χ1) is 14.5. The number of carbonyl (C=O) groups excluding carboxylic acids is 1. The molecule has 4 rings (SSSR count). The van der Waals surface area contributed by atoms with Gasteiger partial charge in [-0.2, -0.15) is 0 Å². The number of anilines is 1. The third-order valence-electron chi connectivity index (χ3n) is 4.54. The fourth-order valence-corrected chi connectivity index (χ4v) is 3.79. The average Bonchev–Trinajstić information content (AvgIpc) is 3.37. The molecule has 0 saturated heterocycles. The van der Waals surface area contributed by atoms with Crippen molar-refractivity contribution in [3.8, 4) is 17.3 Å². The van der Waals surface area contributed by atoms with Gasteiger partial charge in [0.2, 0.25) is 0 Å². The quantitative estimate of drug-likeness (QED) is 0.375. The first-order valence-electron chi connectivity index (χ1n) is 9.13. The number of H-pyrrole nitrogens is 1. The first-order valence-corrected chi connectivity index (χ1v) is 10.4. The molecule has 3 heterocycles. The van der Waals surface area contributed by atoms with Gasteiger partial charge in [-0.3, -0.25) is 9.36 Å². The van der Waals surface area contributed by atoms with E-state index in [-0.39, 0.29) is 11.6 Å². The molecule has 0 aliphatic rings. The lowest BCUT2D eigenvalue weighted by Gasteiger charge is -2.12. The van der Waals surface area contributed by atoms with Gasteiger partial charge in [0.15, 0.2) is 11.6 Å². The van der Waals surface area contributed by atoms with Gasteiger partial charge < -0.3 is 14.7 Å². The van der Waals surface area contributed by atoms with Crippen LogP contribution in [-0.2, 0) is 0 Å². The number of aryl methyl sites for hydroxylation is 2. The summed E-state index contributed by atoms with van der Waals surface area (Å²) in [5.74, 6) is 0.654. The lowest BCUT2D eigenvalue weighted by molar-refractivity contribution is 0.102. The molecule has 0 spiro atoms. The van der Waals surface area contributed by atoms with E-state index in [1.165, 1.54) is 16.3 Å². The Morgan fingerprint density at radius 3 is 2.70 bits per heavy atom. The van der Waals surface area contributed by atoms with Crippen LogP contribution >= 0.6 is 11.8 Å². The molecule has 0 aliphatic carbocycles. The maximum atomic E-state index is 13.0. The third kappa shape index (κ3) is 3.67. The van der Waals surface area contributed by atoms with Crippen LogP contribution in [0.1, 0.15) is 21.7 Å². The largest absolute Gasteiger partial charge is 0.461 e. The van der Waals surface area contributed by atoms with Crippen LogP contribution in [0.5, 0.6) is 0 Å². The van der Waals surface area contributed by atoms with E-state index in [4.69, 9.17) is 4.42 Å². The highest BCUT2D eigenvalue weighted by molar-refractivity contribution is 7.98. The van der Waals surface area contributed by atoms with Crippen molar-refractivity contribution in [3.05, 3.63) is 76.3 Å². The lowest BCUT2D eigenvalue weighted by Crippen LogP contribution is -2.18. The zero-order valence-electron chi connectivity index (χ0n) is 16.6. The Morgan fingerprint density at radius 1 is 1.20 bits per heavy atom. The van der Waals surface area contributed by atoms with Gasteiger partial charge in [0.1, 0.15) is 5.03 Å². The van der Waals surface area contributed by atoms with Crippen molar-refractivity contribution in [2.75, 3.05) is 11.6 Å². The summed E-state index contributed by atoms with van der Waals surface area (Å²) in [6.45, 7) is 3.59. The Kier molecular flexibility index (Phi) is 5.28. The smallest absolute Gasteiger partial charge is 0.330 e. The van der Waals surface area contributed by atoms with Crippen LogP contribution in [-0.4, -0.2) is 31.7 Å². The van der Waals surface area contributed by atoms with Gasteiger partial charge in [-0.25, -0.2) is 14.8 Å². The zero-order valence-corrected chi connectivity index (χ0v) is 17.4. The number of aromatic amines is 1. The predicted octanol–water partition coefficient (Wildman–Crippen LogP) is 3.81. The summed E-state index contributed by atoms with van der Waals surface area (Å²) in [5.41, 5.74) is 2.70. The summed E-state index contributed by atoms with van der Waals surface area (Å²) >= 11 is 1.36. The van der Waals surface area contributed by atoms with Crippen molar-refractivity contribution < 1.29 is 9.21 Å². The average molecular weight is 421 g/mol. The number of nitrogens with one attached hydrogen (secondary N) is 2. The number of hydrogen-bond donors (Lipinski definition) is 2. The van der Waals surface area contributed by atoms with Crippen molar-refractivity contribution in [2.45, 2.75) is 18.9 Å². The van der Waals surface area contributed by atoms with E-state index in [1.807, 2.05) is 13.2 Å². The van der Waals surface area contributed by atoms with Crippen LogP contribution in [0.15, 0.2) is 63.1 Å². The van der Waals surface area contributed by atoms with Crippen LogP contribution in [0.4, 0.5) is 5.69 Å². The highest BCUT2D eigenvalue weighted by atomic mass is 32.2. The van der Waals surface area contributed by atoms with E-state index in [2.05, 4.69) is 20.3 Å². The summed E-state index contributed by atoms with van der Waals surface area (Å²) in [7, 11) is 0. The number of hydrogen-bond acceptors (Lipinski definition) is 6. The number of imidazole rings is 1. The molecular weight excluding hydrogens is 402 g/mol. The van der Waals surface area contributed by atoms with Crippen molar-refractivity contribution in [3.63, 3.8) is 0 Å². The molecule has 9 heteroatoms. The van der Waals surface area contributed by atoms with Gasteiger partial charge in [-0.15, -0.1) is 11.8 Å². The van der Waals surface area contributed by atoms with Gasteiger partial charge in [0, 0.05) is 17.6 Å². The van der Waals surface area contributed by atoms with Gasteiger partial charge in [0.25, 0.3) is 5.91 Å². The number of rotatable bonds is 5. The summed E-state index contributed by atoms with van der Waals surface area (Å²) < 4.78 is 6.91. The molecule has 0 fully saturated rings. The molecule has 8 nitrogen and oxygen atoms in total. The van der Waals surface area contributed by atoms with Crippen LogP contribution in [0.2, 0.25) is 0 Å². The van der Waals surface area contributed by atoms with E-state index >= 15 is 0 Å². The molecular formula is C21H19N5O3S. The number of carbonyl (C=O) groups is 1. The Hall–Kier alpha value is -3.59. The summed E-state index contributed by atoms with van der Waals surface area (Å²) in [5, 5.41) is 3.44. The molecule has 30 heavy (non-hydrogen) atoms. The number of thioether (sulfide) groups is 1. The van der Waals surface area contributed by atoms with Crippen molar-refractivity contribution >= 4 is 23.4 Å². The molecule has 152 valence electrons. The van der Waals surface area contributed by atoms with Crippen LogP contribution in [0, 0.1) is 13.8 Å². The predicted molar refractivity (Wildman–Crippen MR) is 115 cm³/mol. The van der Waals surface area contributed by atoms with Gasteiger partial charge >= 0.3 is 5.69 Å². The second kappa shape index (κ2) is 8.03. The molecule has 2 N–H and O–H groups in total. The number of furan rings is 1. The Morgan fingerprint density at radius 2 is 2.03 bits per heavy atom. The molecule has 0 radical (unpaired) electrons. The molecule has 1 amide bonds. The highest BCUT2D eigenvalue weighted by Gasteiger charge is 2.20. The van der Waals surface area contributed by atoms with E-state index in [1.54, 1.807) is 55.8 Å². The summed E-state index contributed by atoms with van der Waals surface area (Å²) in [6.07, 6.45) is 5.05. The first kappa shape index (κ1) is 19.7. The van der Waals surface area contributed by atoms with Gasteiger partial charge in [-0.1, -0.05) is 6.07 Å². The van der Waals surface area contributed by atoms with Crippen molar-refractivity contribution in [2.24, 2.45) is 0 Å². The fourth-order valence-electron chi connectivity index (χ4n) is 3.16. The second-order valence-corrected chi connectivity index (χ2v) is 7.36. The normalized spacial score (nSPS) is 10.9. The molecule has 0 unspecified atom stereocenters. The monoisotopic (exact) mass is 421 g/mol. The summed E-state index contributed by atoms with van der Waals surface area (Å²) in [6, 6.07) is 10.6. The number of aromatic nitrogens is 4. The number of amides is 1. The maximum Gasteiger partial charge on any atom is 0.330 e. The highest BCUT2D eigenvalue weighted by Crippen LogP contribution is 2.26. The molecule has 0 bridgehead atoms. The fraction of sp³-hybridized carbons (Fsp3) is 0.143.